The fourth-order valence-electron chi connectivity index (χ4n) is 3.00. The maximum absolute atomic E-state index is 6.02. The van der Waals surface area contributed by atoms with Crippen LogP contribution in [0.4, 0.5) is 11.5 Å². The molecule has 27 heavy (non-hydrogen) atoms. The summed E-state index contributed by atoms with van der Waals surface area (Å²) in [7, 11) is 0. The molecule has 0 spiro atoms. The third-order valence-electron chi connectivity index (χ3n) is 4.46. The highest BCUT2D eigenvalue weighted by Gasteiger charge is 2.13. The van der Waals surface area contributed by atoms with Gasteiger partial charge in [0.2, 0.25) is 0 Å². The minimum Gasteiger partial charge on any atom is -0.491 e. The molecule has 0 aliphatic carbocycles. The number of para-hydroxylation sites is 2. The summed E-state index contributed by atoms with van der Waals surface area (Å²) in [5.74, 6) is 3.11. The molecule has 3 rings (SSSR count). The second kappa shape index (κ2) is 9.95. The molecule has 0 bridgehead atoms. The lowest BCUT2D eigenvalue weighted by atomic mass is 10.1. The third kappa shape index (κ3) is 5.71. The number of aliphatic imine (C=N–C) groups is 1. The highest BCUT2D eigenvalue weighted by molar-refractivity contribution is 6.03. The Morgan fingerprint density at radius 3 is 2.81 bits per heavy atom. The van der Waals surface area contributed by atoms with Crippen LogP contribution < -0.4 is 15.4 Å². The molecule has 0 fully saturated rings. The SMILES string of the molecule is CC(C)CNC1=NCCCCCCOc2ccccc2Nc2ncccc21. The molecule has 2 N–H and O–H groups in total. The maximum Gasteiger partial charge on any atom is 0.142 e. The van der Waals surface area contributed by atoms with Gasteiger partial charge in [-0.05, 0) is 49.4 Å². The van der Waals surface area contributed by atoms with Gasteiger partial charge in [0.15, 0.2) is 0 Å². The van der Waals surface area contributed by atoms with Gasteiger partial charge >= 0.3 is 0 Å². The van der Waals surface area contributed by atoms with Gasteiger partial charge in [-0.25, -0.2) is 4.98 Å². The first-order valence-electron chi connectivity index (χ1n) is 9.96. The highest BCUT2D eigenvalue weighted by atomic mass is 16.5. The summed E-state index contributed by atoms with van der Waals surface area (Å²) in [6.07, 6.45) is 6.29. The number of nitrogens with zero attached hydrogens (tertiary/aromatic N) is 2. The molecule has 2 aromatic rings. The summed E-state index contributed by atoms with van der Waals surface area (Å²) in [6, 6.07) is 12.1. The van der Waals surface area contributed by atoms with Crippen molar-refractivity contribution in [3.05, 3.63) is 48.2 Å². The number of rotatable bonds is 2. The monoisotopic (exact) mass is 366 g/mol. The molecule has 5 heteroatoms. The topological polar surface area (TPSA) is 58.5 Å². The lowest BCUT2D eigenvalue weighted by Gasteiger charge is -2.18. The second-order valence-electron chi connectivity index (χ2n) is 7.29. The van der Waals surface area contributed by atoms with Crippen LogP contribution in [0.5, 0.6) is 5.75 Å². The van der Waals surface area contributed by atoms with Crippen LogP contribution in [-0.2, 0) is 0 Å². The summed E-state index contributed by atoms with van der Waals surface area (Å²) in [6.45, 7) is 6.84. The molecular formula is C22H30N4O. The van der Waals surface area contributed by atoms with E-state index in [1.165, 1.54) is 6.42 Å². The van der Waals surface area contributed by atoms with Crippen LogP contribution >= 0.6 is 0 Å². The van der Waals surface area contributed by atoms with Gasteiger partial charge in [-0.1, -0.05) is 32.4 Å². The maximum atomic E-state index is 6.02. The van der Waals surface area contributed by atoms with Crippen molar-refractivity contribution in [1.82, 2.24) is 10.3 Å². The van der Waals surface area contributed by atoms with E-state index >= 15 is 0 Å². The quantitative estimate of drug-likeness (QED) is 0.804. The number of aromatic nitrogens is 1. The Balaban J connectivity index is 1.95. The van der Waals surface area contributed by atoms with Gasteiger partial charge in [0.25, 0.3) is 0 Å². The lowest BCUT2D eigenvalue weighted by molar-refractivity contribution is 0.306. The Hall–Kier alpha value is -2.56. The Morgan fingerprint density at radius 1 is 1.07 bits per heavy atom. The van der Waals surface area contributed by atoms with E-state index in [9.17, 15) is 0 Å². The molecule has 2 heterocycles. The normalized spacial score (nSPS) is 15.4. The molecule has 144 valence electrons. The molecular weight excluding hydrogens is 336 g/mol. The Bertz CT molecular complexity index is 757. The minimum atomic E-state index is 0.544. The van der Waals surface area contributed by atoms with Crippen molar-refractivity contribution in [2.75, 3.05) is 25.0 Å². The standard InChI is InChI=1S/C22H30N4O/c1-17(2)16-25-21-18-10-9-14-24-22(18)26-19-11-5-6-12-20(19)27-15-8-4-3-7-13-23-21/h5-6,9-12,14,17H,3-4,7-8,13,15-16H2,1-2H3,(H,23,25)(H,24,26). The number of hydrogen-bond acceptors (Lipinski definition) is 5. The predicted molar refractivity (Wildman–Crippen MR) is 112 cm³/mol. The van der Waals surface area contributed by atoms with E-state index < -0.39 is 0 Å². The fourth-order valence-corrected chi connectivity index (χ4v) is 3.00. The van der Waals surface area contributed by atoms with Crippen LogP contribution in [0.1, 0.15) is 45.1 Å². The van der Waals surface area contributed by atoms with E-state index in [0.29, 0.717) is 5.92 Å². The van der Waals surface area contributed by atoms with Crippen LogP contribution in [0.2, 0.25) is 0 Å². The van der Waals surface area contributed by atoms with Crippen molar-refractivity contribution in [2.24, 2.45) is 10.9 Å². The van der Waals surface area contributed by atoms with Gasteiger partial charge in [0.1, 0.15) is 17.4 Å². The largest absolute Gasteiger partial charge is 0.491 e. The third-order valence-corrected chi connectivity index (χ3v) is 4.46. The number of fused-ring (bicyclic) bond motifs is 2. The number of benzene rings is 1. The van der Waals surface area contributed by atoms with Crippen molar-refractivity contribution in [3.63, 3.8) is 0 Å². The molecule has 0 saturated heterocycles. The molecule has 1 aliphatic heterocycles. The predicted octanol–water partition coefficient (Wildman–Crippen LogP) is 4.77. The van der Waals surface area contributed by atoms with E-state index in [1.54, 1.807) is 6.20 Å². The average molecular weight is 367 g/mol. The van der Waals surface area contributed by atoms with Crippen molar-refractivity contribution < 1.29 is 4.74 Å². The van der Waals surface area contributed by atoms with Gasteiger partial charge < -0.3 is 15.4 Å². The van der Waals surface area contributed by atoms with Crippen LogP contribution in [0.15, 0.2) is 47.6 Å². The molecule has 0 saturated carbocycles. The Morgan fingerprint density at radius 2 is 1.93 bits per heavy atom. The van der Waals surface area contributed by atoms with Crippen LogP contribution in [0.25, 0.3) is 0 Å². The first-order valence-corrected chi connectivity index (χ1v) is 9.96. The first kappa shape index (κ1) is 19.2. The molecule has 0 atom stereocenters. The number of pyridine rings is 1. The second-order valence-corrected chi connectivity index (χ2v) is 7.29. The number of amidine groups is 1. The number of hydrogen-bond donors (Lipinski definition) is 2. The van der Waals surface area contributed by atoms with Crippen LogP contribution in [0, 0.1) is 5.92 Å². The number of anilines is 2. The van der Waals surface area contributed by atoms with Crippen molar-refractivity contribution in [3.8, 4) is 5.75 Å². The van der Waals surface area contributed by atoms with Gasteiger partial charge in [-0.15, -0.1) is 0 Å². The van der Waals surface area contributed by atoms with E-state index in [0.717, 1.165) is 67.6 Å². The lowest BCUT2D eigenvalue weighted by Crippen LogP contribution is -2.29. The fraction of sp³-hybridized carbons (Fsp3) is 0.455. The summed E-state index contributed by atoms with van der Waals surface area (Å²) >= 11 is 0. The van der Waals surface area contributed by atoms with E-state index in [2.05, 4.69) is 35.5 Å². The molecule has 0 radical (unpaired) electrons. The molecule has 0 amide bonds. The molecule has 1 aliphatic rings. The molecule has 0 unspecified atom stereocenters. The molecule has 1 aromatic heterocycles. The highest BCUT2D eigenvalue weighted by Crippen LogP contribution is 2.28. The van der Waals surface area contributed by atoms with Gasteiger partial charge in [0, 0.05) is 19.3 Å². The van der Waals surface area contributed by atoms with E-state index in [4.69, 9.17) is 9.73 Å². The van der Waals surface area contributed by atoms with Crippen molar-refractivity contribution >= 4 is 17.3 Å². The van der Waals surface area contributed by atoms with Crippen LogP contribution in [0.3, 0.4) is 0 Å². The van der Waals surface area contributed by atoms with Gasteiger partial charge in [-0.2, -0.15) is 0 Å². The zero-order chi connectivity index (χ0) is 18.9. The zero-order valence-electron chi connectivity index (χ0n) is 16.4. The summed E-state index contributed by atoms with van der Waals surface area (Å²) in [4.78, 5) is 9.45. The van der Waals surface area contributed by atoms with Gasteiger partial charge in [0.05, 0.1) is 17.9 Å². The summed E-state index contributed by atoms with van der Waals surface area (Å²) < 4.78 is 6.02. The van der Waals surface area contributed by atoms with Crippen LogP contribution in [-0.4, -0.2) is 30.5 Å². The zero-order valence-corrected chi connectivity index (χ0v) is 16.4. The molecule has 1 aromatic carbocycles. The molecule has 5 nitrogen and oxygen atoms in total. The first-order chi connectivity index (χ1) is 13.2. The average Bonchev–Trinajstić information content (AvgIpc) is 2.67. The number of ether oxygens (including phenoxy) is 1. The Labute approximate surface area is 162 Å². The summed E-state index contributed by atoms with van der Waals surface area (Å²) in [5, 5.41) is 6.98. The van der Waals surface area contributed by atoms with E-state index in [-0.39, 0.29) is 0 Å². The van der Waals surface area contributed by atoms with Crippen molar-refractivity contribution in [2.45, 2.75) is 39.5 Å². The van der Waals surface area contributed by atoms with Gasteiger partial charge in [-0.3, -0.25) is 4.99 Å². The number of nitrogens with one attached hydrogen (secondary N) is 2. The smallest absolute Gasteiger partial charge is 0.142 e. The summed E-state index contributed by atoms with van der Waals surface area (Å²) in [5.41, 5.74) is 1.92. The Kier molecular flexibility index (Phi) is 7.08. The minimum absolute atomic E-state index is 0.544. The van der Waals surface area contributed by atoms with Crippen molar-refractivity contribution in [1.29, 1.82) is 0 Å². The van der Waals surface area contributed by atoms with E-state index in [1.807, 2.05) is 30.3 Å².